The first-order valence-electron chi connectivity index (χ1n) is 16.9. The Labute approximate surface area is 292 Å². The Morgan fingerprint density at radius 3 is 2.71 bits per heavy atom. The van der Waals surface area contributed by atoms with E-state index in [0.29, 0.717) is 65.4 Å². The van der Waals surface area contributed by atoms with Crippen LogP contribution < -0.4 is 15.8 Å². The van der Waals surface area contributed by atoms with Gasteiger partial charge in [0.25, 0.3) is 11.8 Å². The minimum absolute atomic E-state index is 0.0360. The second-order valence-corrected chi connectivity index (χ2v) is 14.8. The van der Waals surface area contributed by atoms with Crippen molar-refractivity contribution in [3.05, 3.63) is 105 Å². The third-order valence-corrected chi connectivity index (χ3v) is 12.1. The van der Waals surface area contributed by atoms with Crippen molar-refractivity contribution in [3.63, 3.8) is 0 Å². The topological polar surface area (TPSA) is 139 Å². The number of amides is 1. The Bertz CT molecular complexity index is 2490. The van der Waals surface area contributed by atoms with Gasteiger partial charge in [0.05, 0.1) is 51.4 Å². The molecule has 2 aliphatic carbocycles. The first-order valence-corrected chi connectivity index (χ1v) is 17.7. The van der Waals surface area contributed by atoms with E-state index < -0.39 is 11.3 Å². The number of hydrogen-bond acceptors (Lipinski definition) is 10. The smallest absolute Gasteiger partial charge is 0.434 e. The maximum atomic E-state index is 14.5. The van der Waals surface area contributed by atoms with E-state index >= 15 is 0 Å². The van der Waals surface area contributed by atoms with Gasteiger partial charge in [0.1, 0.15) is 18.0 Å². The van der Waals surface area contributed by atoms with Crippen LogP contribution in [0.25, 0.3) is 32.1 Å². The summed E-state index contributed by atoms with van der Waals surface area (Å²) in [4.78, 5) is 43.9. The molecule has 3 aliphatic heterocycles. The Morgan fingerprint density at radius 1 is 1.08 bits per heavy atom. The summed E-state index contributed by atoms with van der Waals surface area (Å²) in [6.07, 6.45) is 5.55. The Morgan fingerprint density at radius 2 is 1.92 bits per heavy atom. The van der Waals surface area contributed by atoms with Crippen molar-refractivity contribution in [2.75, 3.05) is 19.0 Å². The van der Waals surface area contributed by atoms with Crippen LogP contribution in [0.1, 0.15) is 63.7 Å². The van der Waals surface area contributed by atoms with Crippen LogP contribution in [0.4, 0.5) is 14.6 Å². The van der Waals surface area contributed by atoms with Crippen molar-refractivity contribution in [2.45, 2.75) is 50.1 Å². The van der Waals surface area contributed by atoms with E-state index in [1.54, 1.807) is 18.2 Å². The maximum Gasteiger partial charge on any atom is 0.434 e. The Kier molecular flexibility index (Phi) is 6.54. The van der Waals surface area contributed by atoms with Crippen molar-refractivity contribution in [1.29, 1.82) is 0 Å². The molecule has 11 rings (SSSR count). The van der Waals surface area contributed by atoms with Crippen molar-refractivity contribution in [1.82, 2.24) is 30.0 Å². The second-order valence-electron chi connectivity index (χ2n) is 13.7. The van der Waals surface area contributed by atoms with Gasteiger partial charge in [-0.3, -0.25) is 9.78 Å². The van der Waals surface area contributed by atoms with Crippen molar-refractivity contribution in [3.8, 4) is 27.6 Å². The van der Waals surface area contributed by atoms with Gasteiger partial charge in [0.15, 0.2) is 11.6 Å². The zero-order chi connectivity index (χ0) is 34.6. The summed E-state index contributed by atoms with van der Waals surface area (Å²) in [6.45, 7) is 0.676. The summed E-state index contributed by atoms with van der Waals surface area (Å²) < 4.78 is 40.0. The quantitative estimate of drug-likeness (QED) is 0.186. The lowest BCUT2D eigenvalue weighted by molar-refractivity contribution is 0.0637. The number of carbonyl (C=O) groups excluding carboxylic acids is 1. The minimum atomic E-state index is -0.727. The van der Waals surface area contributed by atoms with E-state index in [9.17, 15) is 18.4 Å². The third-order valence-electron chi connectivity index (χ3n) is 11.0. The largest absolute Gasteiger partial charge is 0.493 e. The number of carbonyl (C=O) groups is 1. The molecule has 6 aromatic rings. The predicted molar refractivity (Wildman–Crippen MR) is 184 cm³/mol. The highest BCUT2D eigenvalue weighted by Crippen LogP contribution is 2.63. The summed E-state index contributed by atoms with van der Waals surface area (Å²) in [6, 6.07) is 11.3. The van der Waals surface area contributed by atoms with Crippen LogP contribution in [0.5, 0.6) is 5.75 Å². The number of anilines is 1. The molecule has 5 aliphatic rings. The van der Waals surface area contributed by atoms with Gasteiger partial charge in [-0.1, -0.05) is 18.2 Å². The van der Waals surface area contributed by atoms with Crippen molar-refractivity contribution >= 4 is 33.3 Å². The molecule has 14 heteroatoms. The zero-order valence-corrected chi connectivity index (χ0v) is 28.1. The standard InChI is InChI=1S/C37H29F2N7O4S/c1-49-30-21-8-11-23(20(21)7-9-22(30)39)43-33-31-25(40-16-41-33)12-26(51-31)28-27(34-44-45-36(48)50-34)24(10-4-17-2-5-19(38)6-3-17)42-32-29(28)35(47)46-15-18-13-37(32,46)14-18/h2-3,5-7,9,12,16,18,23H,4,8,10-11,13-15H2,1H3,(H,45,48)(H,40,41,43)/t18?,23-,37?/m0/s1. The molecule has 2 saturated heterocycles. The van der Waals surface area contributed by atoms with Crippen LogP contribution in [-0.4, -0.2) is 49.6 Å². The van der Waals surface area contributed by atoms with Gasteiger partial charge >= 0.3 is 5.76 Å². The summed E-state index contributed by atoms with van der Waals surface area (Å²) in [5.41, 5.74) is 5.86. The Balaban J connectivity index is 1.14. The first-order chi connectivity index (χ1) is 24.8. The number of rotatable bonds is 8. The molecule has 3 fully saturated rings. The molecule has 51 heavy (non-hydrogen) atoms. The number of ether oxygens (including phenoxy) is 1. The van der Waals surface area contributed by atoms with E-state index in [-0.39, 0.29) is 35.2 Å². The highest BCUT2D eigenvalue weighted by atomic mass is 32.1. The molecule has 1 atom stereocenters. The average Bonchev–Trinajstić information content (AvgIpc) is 3.96. The summed E-state index contributed by atoms with van der Waals surface area (Å²) >= 11 is 1.43. The lowest BCUT2D eigenvalue weighted by Gasteiger charge is -2.37. The number of thiophene rings is 1. The molecule has 1 spiro atoms. The number of aromatic nitrogens is 5. The van der Waals surface area contributed by atoms with Crippen LogP contribution >= 0.6 is 11.3 Å². The highest BCUT2D eigenvalue weighted by molar-refractivity contribution is 7.22. The number of halogens is 2. The first kappa shape index (κ1) is 30.3. The lowest BCUT2D eigenvalue weighted by Crippen LogP contribution is -2.40. The number of nitrogens with zero attached hydrogens (tertiary/aromatic N) is 5. The van der Waals surface area contributed by atoms with Crippen molar-refractivity contribution in [2.24, 2.45) is 5.92 Å². The number of pyridine rings is 1. The fraction of sp³-hybridized carbons (Fsp3) is 0.297. The molecule has 7 heterocycles. The number of fused-ring (bicyclic) bond motifs is 3. The number of hydrogen-bond donors (Lipinski definition) is 2. The lowest BCUT2D eigenvalue weighted by atomic mass is 9.71. The molecule has 2 N–H and O–H groups in total. The normalized spacial score (nSPS) is 21.2. The monoisotopic (exact) mass is 705 g/mol. The summed E-state index contributed by atoms with van der Waals surface area (Å²) in [7, 11) is 1.48. The van der Waals surface area contributed by atoms with Crippen molar-refractivity contribution < 1.29 is 22.7 Å². The van der Waals surface area contributed by atoms with Crippen LogP contribution in [0.2, 0.25) is 0 Å². The Hall–Kier alpha value is -5.50. The number of methoxy groups -OCH3 is 1. The van der Waals surface area contributed by atoms with E-state index in [1.807, 2.05) is 11.0 Å². The molecular formula is C37H29F2N7O4S. The molecule has 256 valence electrons. The van der Waals surface area contributed by atoms with Gasteiger partial charge in [-0.25, -0.2) is 28.6 Å². The van der Waals surface area contributed by atoms with Crippen LogP contribution in [0.3, 0.4) is 0 Å². The third kappa shape index (κ3) is 4.44. The fourth-order valence-corrected chi connectivity index (χ4v) is 9.88. The minimum Gasteiger partial charge on any atom is -0.493 e. The molecular weight excluding hydrogens is 677 g/mol. The van der Waals surface area contributed by atoms with Gasteiger partial charge < -0.3 is 19.4 Å². The van der Waals surface area contributed by atoms with Crippen LogP contribution in [0.15, 0.2) is 58.0 Å². The SMILES string of the molecule is COc1c(F)ccc2c1CC[C@@H]2Nc1ncnc2cc(-c3c4c(nc(CCc5ccc(F)cc5)c3-c3n[nH]c(=O)o3)C35CC(CN3C4=O)C5)sc12. The average molecular weight is 706 g/mol. The molecule has 11 nitrogen and oxygen atoms in total. The van der Waals surface area contributed by atoms with Gasteiger partial charge in [-0.2, -0.15) is 0 Å². The summed E-state index contributed by atoms with van der Waals surface area (Å²) in [5, 5.41) is 10.2. The highest BCUT2D eigenvalue weighted by Gasteiger charge is 2.65. The fourth-order valence-electron chi connectivity index (χ4n) is 8.76. The molecule has 2 bridgehead atoms. The zero-order valence-electron chi connectivity index (χ0n) is 27.3. The van der Waals surface area contributed by atoms with E-state index in [0.717, 1.165) is 51.2 Å². The second kappa shape index (κ2) is 11.0. The predicted octanol–water partition coefficient (Wildman–Crippen LogP) is 6.34. The number of H-pyrrole nitrogens is 1. The molecule has 0 unspecified atom stereocenters. The van der Waals surface area contributed by atoms with E-state index in [2.05, 4.69) is 25.5 Å². The number of nitrogens with one attached hydrogen (secondary N) is 2. The number of benzene rings is 2. The van der Waals surface area contributed by atoms with Gasteiger partial charge in [-0.15, -0.1) is 16.4 Å². The number of aromatic amines is 1. The van der Waals surface area contributed by atoms with E-state index in [1.165, 1.54) is 43.0 Å². The van der Waals surface area contributed by atoms with Gasteiger partial charge in [0.2, 0.25) is 0 Å². The van der Waals surface area contributed by atoms with Gasteiger partial charge in [0, 0.05) is 22.5 Å². The summed E-state index contributed by atoms with van der Waals surface area (Å²) in [5.74, 6) is -0.163. The van der Waals surface area contributed by atoms with Crippen LogP contribution in [0, 0.1) is 17.6 Å². The van der Waals surface area contributed by atoms with Crippen LogP contribution in [-0.2, 0) is 24.8 Å². The van der Waals surface area contributed by atoms with E-state index in [4.69, 9.17) is 14.1 Å². The van der Waals surface area contributed by atoms with Gasteiger partial charge in [-0.05, 0) is 79.8 Å². The molecule has 4 aromatic heterocycles. The molecule has 1 saturated carbocycles. The molecule has 0 radical (unpaired) electrons. The molecule has 1 amide bonds. The molecule has 2 aromatic carbocycles. The maximum absolute atomic E-state index is 14.5. The number of aryl methyl sites for hydroxylation is 2.